The molecule has 1 aromatic heterocycles. The van der Waals surface area contributed by atoms with Crippen molar-refractivity contribution in [2.24, 2.45) is 0 Å². The van der Waals surface area contributed by atoms with Crippen molar-refractivity contribution in [2.45, 2.75) is 19.0 Å². The fourth-order valence-electron chi connectivity index (χ4n) is 1.67. The van der Waals surface area contributed by atoms with Crippen molar-refractivity contribution < 1.29 is 0 Å². The molecule has 2 nitrogen and oxygen atoms in total. The maximum absolute atomic E-state index is 5.81. The van der Waals surface area contributed by atoms with Crippen molar-refractivity contribution in [3.8, 4) is 0 Å². The Balaban J connectivity index is 1.86. The quantitative estimate of drug-likeness (QED) is 0.844. The third kappa shape index (κ3) is 4.09. The fourth-order valence-corrected chi connectivity index (χ4v) is 2.07. The van der Waals surface area contributed by atoms with Gasteiger partial charge in [-0.1, -0.05) is 24.3 Å². The van der Waals surface area contributed by atoms with Crippen LogP contribution in [0.25, 0.3) is 0 Å². The van der Waals surface area contributed by atoms with E-state index in [1.165, 1.54) is 5.56 Å². The molecule has 0 spiro atoms. The second kappa shape index (κ2) is 6.88. The van der Waals surface area contributed by atoms with Gasteiger partial charge in [0.25, 0.3) is 0 Å². The molecule has 2 aromatic rings. The Kier molecular flexibility index (Phi) is 5.17. The second-order valence-electron chi connectivity index (χ2n) is 4.02. The van der Waals surface area contributed by atoms with Crippen LogP contribution in [0.4, 0.5) is 0 Å². The van der Waals surface area contributed by atoms with E-state index in [2.05, 4.69) is 38.4 Å². The van der Waals surface area contributed by atoms with Gasteiger partial charge in [-0.25, -0.2) is 0 Å². The van der Waals surface area contributed by atoms with Gasteiger partial charge in [0.2, 0.25) is 0 Å². The molecule has 0 bridgehead atoms. The van der Waals surface area contributed by atoms with Crippen molar-refractivity contribution in [1.29, 1.82) is 0 Å². The summed E-state index contributed by atoms with van der Waals surface area (Å²) < 4.78 is 1.00. The van der Waals surface area contributed by atoms with E-state index in [0.29, 0.717) is 5.88 Å². The highest BCUT2D eigenvalue weighted by Crippen LogP contribution is 2.09. The molecule has 4 heteroatoms. The summed E-state index contributed by atoms with van der Waals surface area (Å²) in [5.74, 6) is 0.558. The number of pyridine rings is 1. The average molecular weight is 326 g/mol. The first-order chi connectivity index (χ1) is 8.78. The number of halogens is 2. The molecule has 1 N–H and O–H groups in total. The van der Waals surface area contributed by atoms with Crippen LogP contribution in [0.1, 0.15) is 16.8 Å². The number of alkyl halides is 1. The highest BCUT2D eigenvalue weighted by Gasteiger charge is 1.97. The molecule has 0 fully saturated rings. The number of nitrogens with zero attached hydrogens (tertiary/aromatic N) is 1. The zero-order chi connectivity index (χ0) is 12.8. The van der Waals surface area contributed by atoms with Crippen LogP contribution in [0, 0.1) is 0 Å². The average Bonchev–Trinajstić information content (AvgIpc) is 2.41. The maximum Gasteiger partial charge on any atom is 0.0542 e. The van der Waals surface area contributed by atoms with Crippen LogP contribution in [0.15, 0.2) is 47.1 Å². The zero-order valence-electron chi connectivity index (χ0n) is 9.87. The summed E-state index contributed by atoms with van der Waals surface area (Å²) in [6.45, 7) is 1.58. The lowest BCUT2D eigenvalue weighted by Gasteiger charge is -2.06. The van der Waals surface area contributed by atoms with Crippen molar-refractivity contribution in [3.05, 3.63) is 63.9 Å². The molecule has 0 unspecified atom stereocenters. The number of aromatic nitrogens is 1. The summed E-state index contributed by atoms with van der Waals surface area (Å²) in [5.41, 5.74) is 3.43. The predicted octanol–water partition coefficient (Wildman–Crippen LogP) is 3.87. The fraction of sp³-hybridized carbons (Fsp3) is 0.214. The van der Waals surface area contributed by atoms with E-state index in [4.69, 9.17) is 11.6 Å². The van der Waals surface area contributed by atoms with Crippen LogP contribution < -0.4 is 5.32 Å². The van der Waals surface area contributed by atoms with Crippen LogP contribution in [-0.4, -0.2) is 4.98 Å². The predicted molar refractivity (Wildman–Crippen MR) is 78.5 cm³/mol. The largest absolute Gasteiger partial charge is 0.307 e. The molecule has 0 amide bonds. The molecule has 0 saturated carbocycles. The molecule has 0 radical (unpaired) electrons. The van der Waals surface area contributed by atoms with E-state index in [1.54, 1.807) is 0 Å². The van der Waals surface area contributed by atoms with Gasteiger partial charge in [-0.15, -0.1) is 11.6 Å². The van der Waals surface area contributed by atoms with Gasteiger partial charge >= 0.3 is 0 Å². The molecule has 0 saturated heterocycles. The number of hydrogen-bond donors (Lipinski definition) is 1. The first-order valence-corrected chi connectivity index (χ1v) is 7.05. The molecule has 2 rings (SSSR count). The van der Waals surface area contributed by atoms with Crippen LogP contribution in [-0.2, 0) is 19.0 Å². The minimum absolute atomic E-state index is 0.558. The van der Waals surface area contributed by atoms with Crippen LogP contribution in [0.5, 0.6) is 0 Å². The lowest BCUT2D eigenvalue weighted by Crippen LogP contribution is -2.13. The monoisotopic (exact) mass is 324 g/mol. The number of hydrogen-bond acceptors (Lipinski definition) is 2. The Morgan fingerprint density at radius 2 is 1.94 bits per heavy atom. The Labute approximate surface area is 121 Å². The standard InChI is InChI=1S/C14H14BrClN2/c15-13-4-5-14(18-9-13)10-17-8-12-3-1-2-11(6-12)7-16/h1-6,9,17H,7-8,10H2. The minimum atomic E-state index is 0.558. The van der Waals surface area contributed by atoms with E-state index in [0.717, 1.165) is 28.8 Å². The van der Waals surface area contributed by atoms with Gasteiger partial charge in [0, 0.05) is 29.6 Å². The van der Waals surface area contributed by atoms with Gasteiger partial charge in [-0.2, -0.15) is 0 Å². The number of rotatable bonds is 5. The van der Waals surface area contributed by atoms with E-state index in [9.17, 15) is 0 Å². The second-order valence-corrected chi connectivity index (χ2v) is 5.21. The maximum atomic E-state index is 5.81. The SMILES string of the molecule is ClCc1cccc(CNCc2ccc(Br)cn2)c1. The van der Waals surface area contributed by atoms with Crippen LogP contribution in [0.2, 0.25) is 0 Å². The molecule has 1 heterocycles. The summed E-state index contributed by atoms with van der Waals surface area (Å²) in [6.07, 6.45) is 1.81. The lowest BCUT2D eigenvalue weighted by atomic mass is 10.1. The molecule has 0 aliphatic rings. The molecular weight excluding hydrogens is 312 g/mol. The summed E-state index contributed by atoms with van der Waals surface area (Å²) >= 11 is 9.18. The van der Waals surface area contributed by atoms with Gasteiger partial charge < -0.3 is 5.32 Å². The molecule has 0 aliphatic heterocycles. The van der Waals surface area contributed by atoms with Crippen LogP contribution in [0.3, 0.4) is 0 Å². The summed E-state index contributed by atoms with van der Waals surface area (Å²) in [7, 11) is 0. The molecule has 0 atom stereocenters. The Morgan fingerprint density at radius 1 is 1.11 bits per heavy atom. The van der Waals surface area contributed by atoms with Gasteiger partial charge in [-0.05, 0) is 39.2 Å². The van der Waals surface area contributed by atoms with E-state index in [-0.39, 0.29) is 0 Å². The van der Waals surface area contributed by atoms with Crippen LogP contribution >= 0.6 is 27.5 Å². The van der Waals surface area contributed by atoms with Crippen molar-refractivity contribution in [2.75, 3.05) is 0 Å². The Morgan fingerprint density at radius 3 is 2.67 bits per heavy atom. The third-order valence-electron chi connectivity index (χ3n) is 2.57. The highest BCUT2D eigenvalue weighted by atomic mass is 79.9. The first kappa shape index (κ1) is 13.5. The van der Waals surface area contributed by atoms with E-state index < -0.39 is 0 Å². The summed E-state index contributed by atoms with van der Waals surface area (Å²) in [6, 6.07) is 12.3. The first-order valence-electron chi connectivity index (χ1n) is 5.73. The van der Waals surface area contributed by atoms with Crippen molar-refractivity contribution >= 4 is 27.5 Å². The van der Waals surface area contributed by atoms with Gasteiger partial charge in [-0.3, -0.25) is 4.98 Å². The van der Waals surface area contributed by atoms with Crippen molar-refractivity contribution in [1.82, 2.24) is 10.3 Å². The van der Waals surface area contributed by atoms with E-state index in [1.807, 2.05) is 30.5 Å². The summed E-state index contributed by atoms with van der Waals surface area (Å²) in [5, 5.41) is 3.37. The Bertz CT molecular complexity index is 499. The molecule has 1 aromatic carbocycles. The summed E-state index contributed by atoms with van der Waals surface area (Å²) in [4.78, 5) is 4.31. The zero-order valence-corrected chi connectivity index (χ0v) is 12.2. The number of benzene rings is 1. The van der Waals surface area contributed by atoms with Gasteiger partial charge in [0.05, 0.1) is 5.69 Å². The van der Waals surface area contributed by atoms with Gasteiger partial charge in [0.15, 0.2) is 0 Å². The molecule has 94 valence electrons. The lowest BCUT2D eigenvalue weighted by molar-refractivity contribution is 0.679. The van der Waals surface area contributed by atoms with Crippen molar-refractivity contribution in [3.63, 3.8) is 0 Å². The topological polar surface area (TPSA) is 24.9 Å². The van der Waals surface area contributed by atoms with Gasteiger partial charge in [0.1, 0.15) is 0 Å². The number of nitrogens with one attached hydrogen (secondary N) is 1. The highest BCUT2D eigenvalue weighted by molar-refractivity contribution is 9.10. The molecular formula is C14H14BrClN2. The minimum Gasteiger partial charge on any atom is -0.307 e. The Hall–Kier alpha value is -0.900. The van der Waals surface area contributed by atoms with E-state index >= 15 is 0 Å². The normalized spacial score (nSPS) is 10.6. The third-order valence-corrected chi connectivity index (χ3v) is 3.35. The molecule has 18 heavy (non-hydrogen) atoms. The molecule has 0 aliphatic carbocycles. The smallest absolute Gasteiger partial charge is 0.0542 e.